The average Bonchev–Trinajstić information content (AvgIpc) is 3.39. The van der Waals surface area contributed by atoms with Gasteiger partial charge in [0.2, 0.25) is 11.0 Å². The van der Waals surface area contributed by atoms with Crippen LogP contribution in [0.1, 0.15) is 34.9 Å². The monoisotopic (exact) mass is 374 g/mol. The highest BCUT2D eigenvalue weighted by Crippen LogP contribution is 2.42. The minimum Gasteiger partial charge on any atom is -0.467 e. The standard InChI is InChI=1S/C16H14N4O5S/c21-13(17-16-19-18-15(26-16)9-1-2-9)4-3-10-5-12(20(22)23)6-11-7-24-8-25-14(10)11/h3-6,9H,1-2,7-8H2,(H,17,19,21)/b4-3+. The topological polar surface area (TPSA) is 116 Å². The lowest BCUT2D eigenvalue weighted by atomic mass is 10.1. The van der Waals surface area contributed by atoms with Gasteiger partial charge in [-0.25, -0.2) is 0 Å². The van der Waals surface area contributed by atoms with Crippen LogP contribution in [-0.4, -0.2) is 27.8 Å². The molecule has 2 aromatic rings. The van der Waals surface area contributed by atoms with Crippen molar-refractivity contribution in [3.63, 3.8) is 0 Å². The first-order chi connectivity index (χ1) is 12.6. The van der Waals surface area contributed by atoms with Gasteiger partial charge >= 0.3 is 0 Å². The van der Waals surface area contributed by atoms with Gasteiger partial charge in [0.05, 0.1) is 11.5 Å². The number of nitro groups is 1. The summed E-state index contributed by atoms with van der Waals surface area (Å²) in [6, 6.07) is 2.77. The van der Waals surface area contributed by atoms with Crippen molar-refractivity contribution in [1.82, 2.24) is 10.2 Å². The third-order valence-electron chi connectivity index (χ3n) is 3.95. The van der Waals surface area contributed by atoms with Crippen LogP contribution in [0.5, 0.6) is 5.75 Å². The van der Waals surface area contributed by atoms with Gasteiger partial charge in [-0.3, -0.25) is 20.2 Å². The molecule has 1 aliphatic heterocycles. The maximum atomic E-state index is 12.1. The van der Waals surface area contributed by atoms with Crippen molar-refractivity contribution in [2.24, 2.45) is 0 Å². The molecule has 0 radical (unpaired) electrons. The molecular formula is C16H14N4O5S. The fourth-order valence-electron chi connectivity index (χ4n) is 2.55. The average molecular weight is 374 g/mol. The predicted octanol–water partition coefficient (Wildman–Crippen LogP) is 2.84. The van der Waals surface area contributed by atoms with E-state index in [1.165, 1.54) is 35.6 Å². The molecule has 2 aliphatic rings. The van der Waals surface area contributed by atoms with Crippen molar-refractivity contribution < 1.29 is 19.2 Å². The Morgan fingerprint density at radius 3 is 3.00 bits per heavy atom. The Morgan fingerprint density at radius 1 is 1.38 bits per heavy atom. The van der Waals surface area contributed by atoms with Crippen LogP contribution in [0.3, 0.4) is 0 Å². The smallest absolute Gasteiger partial charge is 0.270 e. The summed E-state index contributed by atoms with van der Waals surface area (Å²) in [4.78, 5) is 22.7. The normalized spacial score (nSPS) is 16.2. The Labute approximate surface area is 151 Å². The fraction of sp³-hybridized carbons (Fsp3) is 0.312. The van der Waals surface area contributed by atoms with Crippen molar-refractivity contribution in [1.29, 1.82) is 0 Å². The van der Waals surface area contributed by atoms with Crippen molar-refractivity contribution in [2.45, 2.75) is 25.4 Å². The van der Waals surface area contributed by atoms with E-state index in [4.69, 9.17) is 9.47 Å². The van der Waals surface area contributed by atoms with Gasteiger partial charge < -0.3 is 9.47 Å². The van der Waals surface area contributed by atoms with Gasteiger partial charge in [-0.05, 0) is 18.9 Å². The lowest BCUT2D eigenvalue weighted by molar-refractivity contribution is -0.385. The number of nitro benzene ring substituents is 1. The largest absolute Gasteiger partial charge is 0.467 e. The van der Waals surface area contributed by atoms with Gasteiger partial charge in [-0.2, -0.15) is 0 Å². The van der Waals surface area contributed by atoms with E-state index in [1.54, 1.807) is 0 Å². The number of anilines is 1. The zero-order chi connectivity index (χ0) is 18.1. The maximum absolute atomic E-state index is 12.1. The summed E-state index contributed by atoms with van der Waals surface area (Å²) in [5.74, 6) is 0.568. The summed E-state index contributed by atoms with van der Waals surface area (Å²) in [6.07, 6.45) is 5.00. The van der Waals surface area contributed by atoms with Crippen molar-refractivity contribution in [2.75, 3.05) is 12.1 Å². The van der Waals surface area contributed by atoms with Gasteiger partial charge in [-0.1, -0.05) is 11.3 Å². The molecule has 9 nitrogen and oxygen atoms in total. The van der Waals surface area contributed by atoms with Crippen LogP contribution in [-0.2, 0) is 16.1 Å². The molecule has 4 rings (SSSR count). The van der Waals surface area contributed by atoms with Crippen LogP contribution in [0.2, 0.25) is 0 Å². The van der Waals surface area contributed by atoms with Crippen molar-refractivity contribution in [3.05, 3.63) is 44.5 Å². The number of non-ortho nitro benzene ring substituents is 1. The van der Waals surface area contributed by atoms with E-state index in [1.807, 2.05) is 0 Å². The highest BCUT2D eigenvalue weighted by atomic mass is 32.1. The molecular weight excluding hydrogens is 360 g/mol. The number of ether oxygens (including phenoxy) is 2. The number of hydrogen-bond donors (Lipinski definition) is 1. The first-order valence-electron chi connectivity index (χ1n) is 7.94. The molecule has 1 aromatic heterocycles. The second-order valence-corrected chi connectivity index (χ2v) is 6.94. The van der Waals surface area contributed by atoms with E-state index in [0.29, 0.717) is 27.9 Å². The number of nitrogens with zero attached hydrogens (tertiary/aromatic N) is 3. The third kappa shape index (κ3) is 3.55. The van der Waals surface area contributed by atoms with Gasteiger partial charge in [0, 0.05) is 35.3 Å². The highest BCUT2D eigenvalue weighted by molar-refractivity contribution is 7.15. The van der Waals surface area contributed by atoms with Crippen LogP contribution in [0.15, 0.2) is 18.2 Å². The Morgan fingerprint density at radius 2 is 2.23 bits per heavy atom. The van der Waals surface area contributed by atoms with Crippen LogP contribution in [0.25, 0.3) is 6.08 Å². The van der Waals surface area contributed by atoms with Crippen LogP contribution >= 0.6 is 11.3 Å². The van der Waals surface area contributed by atoms with E-state index in [2.05, 4.69) is 15.5 Å². The van der Waals surface area contributed by atoms with Gasteiger partial charge in [-0.15, -0.1) is 10.2 Å². The number of carbonyl (C=O) groups excluding carboxylic acids is 1. The zero-order valence-corrected chi connectivity index (χ0v) is 14.3. The molecule has 1 saturated carbocycles. The first kappa shape index (κ1) is 16.6. The molecule has 1 aliphatic carbocycles. The Balaban J connectivity index is 1.52. The Hall–Kier alpha value is -2.85. The lowest BCUT2D eigenvalue weighted by Gasteiger charge is -2.19. The maximum Gasteiger partial charge on any atom is 0.270 e. The van der Waals surface area contributed by atoms with Crippen LogP contribution in [0, 0.1) is 10.1 Å². The van der Waals surface area contributed by atoms with Gasteiger partial charge in [0.15, 0.2) is 6.79 Å². The number of amides is 1. The molecule has 0 saturated heterocycles. The number of carbonyl (C=O) groups is 1. The molecule has 1 N–H and O–H groups in total. The Kier molecular flexibility index (Phi) is 4.35. The SMILES string of the molecule is O=C(/C=C/c1cc([N+](=O)[O-])cc2c1OCOC2)Nc1nnc(C2CC2)s1. The van der Waals surface area contributed by atoms with Crippen LogP contribution in [0.4, 0.5) is 10.8 Å². The zero-order valence-electron chi connectivity index (χ0n) is 13.5. The molecule has 134 valence electrons. The molecule has 0 atom stereocenters. The van der Waals surface area contributed by atoms with E-state index in [9.17, 15) is 14.9 Å². The molecule has 0 bridgehead atoms. The number of benzene rings is 1. The van der Waals surface area contributed by atoms with Gasteiger partial charge in [0.25, 0.3) is 5.69 Å². The summed E-state index contributed by atoms with van der Waals surface area (Å²) >= 11 is 1.36. The predicted molar refractivity (Wildman–Crippen MR) is 92.9 cm³/mol. The van der Waals surface area contributed by atoms with E-state index < -0.39 is 10.8 Å². The minimum absolute atomic E-state index is 0.0621. The summed E-state index contributed by atoms with van der Waals surface area (Å²) in [5, 5.41) is 23.1. The molecule has 1 amide bonds. The highest BCUT2D eigenvalue weighted by Gasteiger charge is 2.27. The minimum atomic E-state index is -0.493. The second-order valence-electron chi connectivity index (χ2n) is 5.93. The molecule has 2 heterocycles. The molecule has 0 spiro atoms. The quantitative estimate of drug-likeness (QED) is 0.486. The summed E-state index contributed by atoms with van der Waals surface area (Å²) < 4.78 is 10.6. The fourth-order valence-corrected chi connectivity index (χ4v) is 3.47. The molecule has 1 fully saturated rings. The van der Waals surface area contributed by atoms with Crippen molar-refractivity contribution in [3.8, 4) is 5.75 Å². The molecule has 10 heteroatoms. The number of nitrogens with one attached hydrogen (secondary N) is 1. The van der Waals surface area contributed by atoms with Crippen LogP contribution < -0.4 is 10.1 Å². The number of aromatic nitrogens is 2. The number of rotatable bonds is 5. The lowest BCUT2D eigenvalue weighted by Crippen LogP contribution is -2.13. The van der Waals surface area contributed by atoms with Crippen molar-refractivity contribution >= 4 is 34.1 Å². The third-order valence-corrected chi connectivity index (χ3v) is 4.95. The summed E-state index contributed by atoms with van der Waals surface area (Å²) in [7, 11) is 0. The Bertz CT molecular complexity index is 906. The first-order valence-corrected chi connectivity index (χ1v) is 8.76. The summed E-state index contributed by atoms with van der Waals surface area (Å²) in [6.45, 7) is 0.283. The molecule has 26 heavy (non-hydrogen) atoms. The number of fused-ring (bicyclic) bond motifs is 1. The van der Waals surface area contributed by atoms with E-state index in [-0.39, 0.29) is 19.1 Å². The molecule has 0 unspecified atom stereocenters. The number of hydrogen-bond acceptors (Lipinski definition) is 8. The van der Waals surface area contributed by atoms with E-state index >= 15 is 0 Å². The molecule has 1 aromatic carbocycles. The second kappa shape index (κ2) is 6.81. The van der Waals surface area contributed by atoms with Gasteiger partial charge in [0.1, 0.15) is 10.8 Å². The summed E-state index contributed by atoms with van der Waals surface area (Å²) in [5.41, 5.74) is 0.934. The van der Waals surface area contributed by atoms with E-state index in [0.717, 1.165) is 17.8 Å².